The van der Waals surface area contributed by atoms with E-state index in [1.165, 1.54) is 12.1 Å². The molecule has 6 rings (SSSR count). The van der Waals surface area contributed by atoms with Crippen LogP contribution in [0.1, 0.15) is 5.56 Å². The van der Waals surface area contributed by atoms with Crippen molar-refractivity contribution in [3.8, 4) is 39.4 Å². The lowest BCUT2D eigenvalue weighted by Crippen LogP contribution is -2.21. The first-order valence-corrected chi connectivity index (χ1v) is 15.5. The van der Waals surface area contributed by atoms with Crippen LogP contribution in [0.4, 0.5) is 4.39 Å². The first-order chi connectivity index (χ1) is 20.6. The molecule has 3 N–H and O–H groups in total. The van der Waals surface area contributed by atoms with Crippen molar-refractivity contribution in [3.63, 3.8) is 0 Å². The van der Waals surface area contributed by atoms with Crippen LogP contribution in [0, 0.1) is 5.82 Å². The lowest BCUT2D eigenvalue weighted by atomic mass is 10.0. The number of H-pyrrole nitrogens is 2. The largest absolute Gasteiger partial charge is 0.491 e. The third-order valence-corrected chi connectivity index (χ3v) is 7.68. The number of hydrogen-bond acceptors (Lipinski definition) is 7. The Hall–Kier alpha value is -4.65. The standard InChI is InChI=1S/C31H30FN7O3S/c1-39(2)8-9-42-24-13-22(17-33-18-24)20-4-5-28-27(14-20)30(38-37-28)29-15-26-25(6-7-34-31(26)36-29)21-10-19(11-23(32)12-21)16-35-43(3,40)41/h4-7,10-15,17-18,35H,8-9,16H2,1-3H3,(H,34,36)(H,37,38). The third-order valence-electron chi connectivity index (χ3n) is 7.01. The summed E-state index contributed by atoms with van der Waals surface area (Å²) >= 11 is 0. The number of hydrogen-bond donors (Lipinski definition) is 3. The Morgan fingerprint density at radius 3 is 2.65 bits per heavy atom. The highest BCUT2D eigenvalue weighted by Crippen LogP contribution is 2.35. The summed E-state index contributed by atoms with van der Waals surface area (Å²) in [6.07, 6.45) is 6.23. The van der Waals surface area contributed by atoms with E-state index in [0.717, 1.165) is 51.5 Å². The predicted molar refractivity (Wildman–Crippen MR) is 166 cm³/mol. The molecule has 0 spiro atoms. The van der Waals surface area contributed by atoms with E-state index >= 15 is 0 Å². The molecular weight excluding hydrogens is 569 g/mol. The molecule has 12 heteroatoms. The number of halogens is 1. The number of aromatic nitrogens is 5. The normalized spacial score (nSPS) is 12.0. The molecule has 0 aliphatic carbocycles. The predicted octanol–water partition coefficient (Wildman–Crippen LogP) is 4.96. The van der Waals surface area contributed by atoms with Crippen molar-refractivity contribution in [2.45, 2.75) is 6.54 Å². The Kier molecular flexibility index (Phi) is 7.65. The van der Waals surface area contributed by atoms with E-state index in [1.807, 2.05) is 44.4 Å². The highest BCUT2D eigenvalue weighted by molar-refractivity contribution is 7.88. The van der Waals surface area contributed by atoms with Crippen LogP contribution in [-0.2, 0) is 16.6 Å². The van der Waals surface area contributed by atoms with Gasteiger partial charge in [0.1, 0.15) is 29.5 Å². The summed E-state index contributed by atoms with van der Waals surface area (Å²) in [5.41, 5.74) is 6.69. The van der Waals surface area contributed by atoms with E-state index in [-0.39, 0.29) is 6.54 Å². The molecule has 4 aromatic heterocycles. The summed E-state index contributed by atoms with van der Waals surface area (Å²) in [5.74, 6) is 0.240. The number of aromatic amines is 2. The number of sulfonamides is 1. The summed E-state index contributed by atoms with van der Waals surface area (Å²) in [6, 6.07) is 16.3. The molecule has 43 heavy (non-hydrogen) atoms. The van der Waals surface area contributed by atoms with Gasteiger partial charge in [-0.1, -0.05) is 6.07 Å². The summed E-state index contributed by atoms with van der Waals surface area (Å²) < 4.78 is 46.0. The molecule has 0 aliphatic rings. The van der Waals surface area contributed by atoms with Gasteiger partial charge in [0, 0.05) is 41.8 Å². The Balaban J connectivity index is 1.35. The molecule has 0 atom stereocenters. The van der Waals surface area contributed by atoms with Crippen LogP contribution in [0.15, 0.2) is 73.2 Å². The molecule has 220 valence electrons. The number of pyridine rings is 2. The van der Waals surface area contributed by atoms with Crippen molar-refractivity contribution in [1.82, 2.24) is 34.8 Å². The molecule has 4 heterocycles. The van der Waals surface area contributed by atoms with Gasteiger partial charge in [-0.2, -0.15) is 5.10 Å². The van der Waals surface area contributed by atoms with E-state index in [1.54, 1.807) is 24.7 Å². The summed E-state index contributed by atoms with van der Waals surface area (Å²) in [5, 5.41) is 9.39. The molecule has 6 aromatic rings. The lowest BCUT2D eigenvalue weighted by Gasteiger charge is -2.11. The number of ether oxygens (including phenoxy) is 1. The summed E-state index contributed by atoms with van der Waals surface area (Å²) in [6.45, 7) is 1.35. The SMILES string of the molecule is CN(C)CCOc1cncc(-c2ccc3[nH]nc(-c4cc5c(-c6cc(F)cc(CNS(C)(=O)=O)c6)ccnc5[nH]4)c3c2)c1. The van der Waals surface area contributed by atoms with Crippen LogP contribution in [-0.4, -0.2) is 72.0 Å². The lowest BCUT2D eigenvalue weighted by molar-refractivity contribution is 0.261. The van der Waals surface area contributed by atoms with Crippen LogP contribution in [0.5, 0.6) is 5.75 Å². The van der Waals surface area contributed by atoms with Gasteiger partial charge in [0.25, 0.3) is 0 Å². The number of nitrogens with zero attached hydrogens (tertiary/aromatic N) is 4. The number of rotatable bonds is 10. The highest BCUT2D eigenvalue weighted by Gasteiger charge is 2.16. The molecule has 0 amide bonds. The van der Waals surface area contributed by atoms with Crippen LogP contribution < -0.4 is 9.46 Å². The Labute approximate surface area is 248 Å². The number of fused-ring (bicyclic) bond motifs is 2. The second-order valence-corrected chi connectivity index (χ2v) is 12.5. The second-order valence-electron chi connectivity index (χ2n) is 10.6. The quantitative estimate of drug-likeness (QED) is 0.203. The van der Waals surface area contributed by atoms with Gasteiger partial charge in [-0.3, -0.25) is 10.1 Å². The molecule has 0 saturated heterocycles. The molecule has 0 radical (unpaired) electrons. The third kappa shape index (κ3) is 6.41. The van der Waals surface area contributed by atoms with Crippen molar-refractivity contribution in [2.24, 2.45) is 0 Å². The van der Waals surface area contributed by atoms with E-state index in [2.05, 4.69) is 40.8 Å². The molecule has 10 nitrogen and oxygen atoms in total. The van der Waals surface area contributed by atoms with Crippen LogP contribution in [0.2, 0.25) is 0 Å². The van der Waals surface area contributed by atoms with Gasteiger partial charge >= 0.3 is 0 Å². The average molecular weight is 600 g/mol. The van der Waals surface area contributed by atoms with Gasteiger partial charge in [0.15, 0.2) is 0 Å². The maximum Gasteiger partial charge on any atom is 0.209 e. The zero-order valence-corrected chi connectivity index (χ0v) is 24.7. The zero-order valence-electron chi connectivity index (χ0n) is 23.8. The zero-order chi connectivity index (χ0) is 30.1. The van der Waals surface area contributed by atoms with Crippen molar-refractivity contribution in [2.75, 3.05) is 33.5 Å². The van der Waals surface area contributed by atoms with Gasteiger partial charge in [0.2, 0.25) is 10.0 Å². The van der Waals surface area contributed by atoms with Crippen molar-refractivity contribution in [1.29, 1.82) is 0 Å². The monoisotopic (exact) mass is 599 g/mol. The minimum absolute atomic E-state index is 0.0154. The van der Waals surface area contributed by atoms with Crippen molar-refractivity contribution < 1.29 is 17.5 Å². The summed E-state index contributed by atoms with van der Waals surface area (Å²) in [7, 11) is 0.573. The van der Waals surface area contributed by atoms with Gasteiger partial charge in [-0.05, 0) is 84.9 Å². The number of benzene rings is 2. The van der Waals surface area contributed by atoms with E-state index < -0.39 is 15.8 Å². The first kappa shape index (κ1) is 28.5. The van der Waals surface area contributed by atoms with Crippen LogP contribution in [0.3, 0.4) is 0 Å². The Morgan fingerprint density at radius 2 is 1.84 bits per heavy atom. The Morgan fingerprint density at radius 1 is 0.977 bits per heavy atom. The summed E-state index contributed by atoms with van der Waals surface area (Å²) in [4.78, 5) is 14.3. The van der Waals surface area contributed by atoms with Gasteiger partial charge in [-0.15, -0.1) is 0 Å². The van der Waals surface area contributed by atoms with Gasteiger partial charge in [0.05, 0.1) is 23.7 Å². The van der Waals surface area contributed by atoms with Gasteiger partial charge in [-0.25, -0.2) is 22.5 Å². The fourth-order valence-corrected chi connectivity index (χ4v) is 5.36. The molecule has 0 bridgehead atoms. The molecule has 0 unspecified atom stereocenters. The van der Waals surface area contributed by atoms with Crippen molar-refractivity contribution >= 4 is 32.0 Å². The molecule has 0 saturated carbocycles. The van der Waals surface area contributed by atoms with E-state index in [0.29, 0.717) is 34.8 Å². The maximum absolute atomic E-state index is 14.6. The fourth-order valence-electron chi connectivity index (χ4n) is 4.93. The van der Waals surface area contributed by atoms with Crippen molar-refractivity contribution in [3.05, 3.63) is 84.6 Å². The number of nitrogens with one attached hydrogen (secondary N) is 3. The van der Waals surface area contributed by atoms with Crippen LogP contribution >= 0.6 is 0 Å². The second kappa shape index (κ2) is 11.6. The highest BCUT2D eigenvalue weighted by atomic mass is 32.2. The average Bonchev–Trinajstić information content (AvgIpc) is 3.59. The fraction of sp³-hybridized carbons (Fsp3) is 0.194. The maximum atomic E-state index is 14.6. The Bertz CT molecular complexity index is 2050. The van der Waals surface area contributed by atoms with E-state index in [4.69, 9.17) is 4.74 Å². The molecule has 2 aromatic carbocycles. The smallest absolute Gasteiger partial charge is 0.209 e. The topological polar surface area (TPSA) is 129 Å². The van der Waals surface area contributed by atoms with Crippen LogP contribution in [0.25, 0.3) is 55.6 Å². The minimum atomic E-state index is -3.43. The van der Waals surface area contributed by atoms with E-state index in [9.17, 15) is 12.8 Å². The van der Waals surface area contributed by atoms with Gasteiger partial charge < -0.3 is 14.6 Å². The first-order valence-electron chi connectivity index (χ1n) is 13.6. The minimum Gasteiger partial charge on any atom is -0.491 e. The molecule has 0 aliphatic heterocycles. The molecular formula is C31H30FN7O3S. The number of likely N-dealkylation sites (N-methyl/N-ethyl adjacent to an activating group) is 1. The molecule has 0 fully saturated rings.